The molecule has 9 atom stereocenters. The van der Waals surface area contributed by atoms with Gasteiger partial charge in [-0.15, -0.1) is 0 Å². The summed E-state index contributed by atoms with van der Waals surface area (Å²) in [6.45, 7) is -6.82. The van der Waals surface area contributed by atoms with Crippen LogP contribution in [0, 0.1) is 5.92 Å². The maximum atomic E-state index is 13.6. The SMILES string of the molecule is CC1[C@H]2OP(O)(=S)OC[C@@H]3C[C@H](OP(=O)(S)OCC2O[C@H]1n1c(=O)sc2c(N)ncnc21)[C@H](n1cnc2c(N)ncnc21)O3. The van der Waals surface area contributed by atoms with Gasteiger partial charge in [0.25, 0.3) is 0 Å². The van der Waals surface area contributed by atoms with Crippen LogP contribution in [0.3, 0.4) is 0 Å². The molecule has 4 unspecified atom stereocenters. The first-order valence-corrected chi connectivity index (χ1v) is 19.2. The third-order valence-electron chi connectivity index (χ3n) is 7.49. The zero-order valence-corrected chi connectivity index (χ0v) is 26.9. The summed E-state index contributed by atoms with van der Waals surface area (Å²) in [7, 11) is 0. The number of imidazole rings is 1. The van der Waals surface area contributed by atoms with Crippen LogP contribution < -0.4 is 16.3 Å². The molecule has 7 rings (SSSR count). The number of anilines is 2. The maximum absolute atomic E-state index is 13.6. The molecule has 44 heavy (non-hydrogen) atoms. The summed E-state index contributed by atoms with van der Waals surface area (Å²) in [5, 5.41) is 0. The third-order valence-corrected chi connectivity index (χ3v) is 11.7. The van der Waals surface area contributed by atoms with Gasteiger partial charge in [0, 0.05) is 12.3 Å². The van der Waals surface area contributed by atoms with Crippen LogP contribution in [-0.2, 0) is 43.9 Å². The highest BCUT2D eigenvalue weighted by atomic mass is 32.7. The first-order chi connectivity index (χ1) is 20.9. The summed E-state index contributed by atoms with van der Waals surface area (Å²) >= 11 is 10.4. The van der Waals surface area contributed by atoms with E-state index in [0.717, 1.165) is 11.3 Å². The van der Waals surface area contributed by atoms with Crippen molar-refractivity contribution < 1.29 is 37.0 Å². The van der Waals surface area contributed by atoms with Crippen LogP contribution in [0.15, 0.2) is 23.8 Å². The van der Waals surface area contributed by atoms with Gasteiger partial charge in [-0.05, 0) is 11.8 Å². The molecular weight excluding hydrogens is 680 g/mol. The van der Waals surface area contributed by atoms with E-state index in [0.29, 0.717) is 15.9 Å². The van der Waals surface area contributed by atoms with Crippen LogP contribution in [0.4, 0.5) is 11.6 Å². The molecule has 18 nitrogen and oxygen atoms in total. The van der Waals surface area contributed by atoms with Crippen molar-refractivity contribution in [3.8, 4) is 0 Å². The van der Waals surface area contributed by atoms with E-state index in [1.807, 2.05) is 0 Å². The Morgan fingerprint density at radius 2 is 1.77 bits per heavy atom. The van der Waals surface area contributed by atoms with Gasteiger partial charge in [0.1, 0.15) is 53.2 Å². The Hall–Kier alpha value is -2.13. The molecule has 0 aliphatic carbocycles. The average molecular weight is 706 g/mol. The van der Waals surface area contributed by atoms with E-state index in [1.165, 1.54) is 23.5 Å². The maximum Gasteiger partial charge on any atom is 0.386 e. The highest BCUT2D eigenvalue weighted by molar-refractivity contribution is 8.44. The summed E-state index contributed by atoms with van der Waals surface area (Å²) in [6.07, 6.45) is -1.24. The number of nitrogens with two attached hydrogens (primary N) is 2. The summed E-state index contributed by atoms with van der Waals surface area (Å²) in [6, 6.07) is 0. The molecule has 2 bridgehead atoms. The molecule has 0 saturated carbocycles. The van der Waals surface area contributed by atoms with Gasteiger partial charge in [0.15, 0.2) is 23.3 Å². The lowest BCUT2D eigenvalue weighted by Gasteiger charge is -2.27. The Labute approximate surface area is 261 Å². The lowest BCUT2D eigenvalue weighted by molar-refractivity contribution is -0.0576. The lowest BCUT2D eigenvalue weighted by atomic mass is 10.0. The zero-order valence-electron chi connectivity index (χ0n) is 22.6. The number of nitrogens with zero attached hydrogens (tertiary/aromatic N) is 7. The van der Waals surface area contributed by atoms with Crippen LogP contribution in [0.1, 0.15) is 25.8 Å². The second kappa shape index (κ2) is 11.3. The molecule has 4 aromatic rings. The molecule has 7 heterocycles. The van der Waals surface area contributed by atoms with Crippen LogP contribution in [-0.4, -0.2) is 76.6 Å². The summed E-state index contributed by atoms with van der Waals surface area (Å²) in [5.41, 5.74) is 12.9. The van der Waals surface area contributed by atoms with Crippen LogP contribution in [0.5, 0.6) is 0 Å². The fourth-order valence-corrected chi connectivity index (χ4v) is 9.41. The van der Waals surface area contributed by atoms with Crippen molar-refractivity contribution in [2.45, 2.75) is 50.2 Å². The first-order valence-electron chi connectivity index (χ1n) is 13.1. The van der Waals surface area contributed by atoms with Crippen molar-refractivity contribution in [2.75, 3.05) is 24.7 Å². The molecule has 3 saturated heterocycles. The van der Waals surface area contributed by atoms with E-state index in [1.54, 1.807) is 11.5 Å². The number of ether oxygens (including phenoxy) is 2. The Bertz CT molecular complexity index is 1910. The van der Waals surface area contributed by atoms with E-state index in [9.17, 15) is 14.3 Å². The van der Waals surface area contributed by atoms with Crippen LogP contribution in [0.2, 0.25) is 0 Å². The van der Waals surface area contributed by atoms with Gasteiger partial charge >= 0.3 is 18.4 Å². The van der Waals surface area contributed by atoms with Crippen molar-refractivity contribution >= 4 is 82.1 Å². The number of rotatable bonds is 2. The van der Waals surface area contributed by atoms with Crippen molar-refractivity contribution in [3.63, 3.8) is 0 Å². The molecule has 3 fully saturated rings. The van der Waals surface area contributed by atoms with Gasteiger partial charge in [0.2, 0.25) is 0 Å². The normalized spacial score (nSPS) is 36.6. The molecule has 0 radical (unpaired) electrons. The quantitative estimate of drug-likeness (QED) is 0.172. The predicted octanol–water partition coefficient (Wildman–Crippen LogP) is 1.75. The first kappa shape index (κ1) is 30.5. The fourth-order valence-electron chi connectivity index (χ4n) is 5.52. The monoisotopic (exact) mass is 705 g/mol. The Balaban J connectivity index is 1.19. The molecule has 3 aliphatic rings. The van der Waals surface area contributed by atoms with Gasteiger partial charge < -0.3 is 34.9 Å². The molecular formula is C21H25N9O9P2S3. The molecule has 0 aromatic carbocycles. The zero-order chi connectivity index (χ0) is 31.0. The number of hydrogen-bond acceptors (Lipinski definition) is 17. The molecule has 236 valence electrons. The average Bonchev–Trinajstić information content (AvgIpc) is 3.71. The second-order valence-electron chi connectivity index (χ2n) is 10.3. The van der Waals surface area contributed by atoms with Crippen molar-refractivity contribution in [2.24, 2.45) is 5.92 Å². The minimum Gasteiger partial charge on any atom is -0.382 e. The predicted molar refractivity (Wildman–Crippen MR) is 162 cm³/mol. The number of thiol groups is 1. The van der Waals surface area contributed by atoms with E-state index in [-0.39, 0.29) is 36.9 Å². The minimum absolute atomic E-state index is 0.144. The molecule has 0 spiro atoms. The highest BCUT2D eigenvalue weighted by Gasteiger charge is 2.50. The van der Waals surface area contributed by atoms with Gasteiger partial charge in [-0.2, -0.15) is 0 Å². The lowest BCUT2D eigenvalue weighted by Crippen LogP contribution is -2.32. The highest BCUT2D eigenvalue weighted by Crippen LogP contribution is 2.58. The van der Waals surface area contributed by atoms with Crippen molar-refractivity contribution in [1.82, 2.24) is 34.1 Å². The molecule has 0 amide bonds. The summed E-state index contributed by atoms with van der Waals surface area (Å²) in [4.78, 5) is 44.4. The van der Waals surface area contributed by atoms with Crippen molar-refractivity contribution in [1.29, 1.82) is 0 Å². The van der Waals surface area contributed by atoms with Gasteiger partial charge in [0.05, 0.1) is 25.6 Å². The molecule has 5 N–H and O–H groups in total. The van der Waals surface area contributed by atoms with Crippen molar-refractivity contribution in [3.05, 3.63) is 28.6 Å². The number of aromatic nitrogens is 7. The number of hydrogen-bond donors (Lipinski definition) is 4. The molecule has 4 aromatic heterocycles. The molecule has 23 heteroatoms. The van der Waals surface area contributed by atoms with E-state index >= 15 is 0 Å². The van der Waals surface area contributed by atoms with Crippen LogP contribution >= 0.6 is 37.1 Å². The second-order valence-corrected chi connectivity index (χ2v) is 16.9. The summed E-state index contributed by atoms with van der Waals surface area (Å²) < 4.78 is 52.5. The van der Waals surface area contributed by atoms with Crippen LogP contribution in [0.25, 0.3) is 21.5 Å². The largest absolute Gasteiger partial charge is 0.386 e. The van der Waals surface area contributed by atoms with E-state index in [4.69, 9.17) is 50.8 Å². The van der Waals surface area contributed by atoms with Gasteiger partial charge in [-0.3, -0.25) is 23.0 Å². The smallest absolute Gasteiger partial charge is 0.382 e. The Morgan fingerprint density at radius 1 is 1.02 bits per heavy atom. The third kappa shape index (κ3) is 5.48. The van der Waals surface area contributed by atoms with E-state index in [2.05, 4.69) is 37.2 Å². The fraction of sp³-hybridized carbons (Fsp3) is 0.524. The van der Waals surface area contributed by atoms with Gasteiger partial charge in [-0.1, -0.05) is 30.5 Å². The Kier molecular flexibility index (Phi) is 7.83. The summed E-state index contributed by atoms with van der Waals surface area (Å²) in [5.74, 6) is -0.287. The topological polar surface area (TPSA) is 236 Å². The van der Waals surface area contributed by atoms with E-state index < -0.39 is 61.2 Å². The standard InChI is InChI=1S/C21H25N9O9P2S3/c1-8-13-11(37-19(8)30-18-14(44-21(30)31)16(23)25-6-27-18)4-35-40(32,42)38-10-2-9(3-34-41(33,43)39-13)36-20(10)29-7-28-12-15(22)24-5-26-17(12)29/h5-11,13,19-20H,2-4H2,1H3,(H,32,42)(H,33,43)(H2,22,24,26)(H2,23,25,27)/t8?,9-,10-,11?,13+,19+,20+,40?,41?/m0/s1. The number of thiazole rings is 1. The molecule has 3 aliphatic heterocycles. The minimum atomic E-state index is -4.08. The number of fused-ring (bicyclic) bond motifs is 5. The van der Waals surface area contributed by atoms with Gasteiger partial charge in [-0.25, -0.2) is 29.5 Å². The number of nitrogen functional groups attached to an aromatic ring is 2. The Morgan fingerprint density at radius 3 is 2.57 bits per heavy atom.